The van der Waals surface area contributed by atoms with Gasteiger partial charge in [0.25, 0.3) is 21.9 Å². The zero-order valence-electron chi connectivity index (χ0n) is 29.7. The van der Waals surface area contributed by atoms with Crippen LogP contribution in [0.25, 0.3) is 0 Å². The molecule has 0 saturated carbocycles. The van der Waals surface area contributed by atoms with Gasteiger partial charge in [0.15, 0.2) is 23.1 Å². The summed E-state index contributed by atoms with van der Waals surface area (Å²) in [4.78, 5) is 44.0. The van der Waals surface area contributed by atoms with E-state index in [0.717, 1.165) is 16.0 Å². The van der Waals surface area contributed by atoms with Crippen LogP contribution in [0.2, 0.25) is 0 Å². The molecule has 0 spiro atoms. The molecular weight excluding hydrogens is 696 g/mol. The van der Waals surface area contributed by atoms with Crippen molar-refractivity contribution in [2.24, 2.45) is 0 Å². The van der Waals surface area contributed by atoms with E-state index < -0.39 is 39.9 Å². The van der Waals surface area contributed by atoms with Gasteiger partial charge in [0.05, 0.1) is 61.5 Å². The Morgan fingerprint density at radius 3 is 2.12 bits per heavy atom. The van der Waals surface area contributed by atoms with Crippen LogP contribution in [0.3, 0.4) is 0 Å². The van der Waals surface area contributed by atoms with E-state index in [0.29, 0.717) is 55.8 Å². The number of nitrogens with one attached hydrogen (secondary N) is 1. The third kappa shape index (κ3) is 7.01. The number of anilines is 2. The van der Waals surface area contributed by atoms with Crippen molar-refractivity contribution in [2.45, 2.75) is 83.5 Å². The van der Waals surface area contributed by atoms with Crippen LogP contribution in [0.15, 0.2) is 47.8 Å². The van der Waals surface area contributed by atoms with E-state index in [1.165, 1.54) is 29.0 Å². The van der Waals surface area contributed by atoms with Crippen LogP contribution in [0, 0.1) is 6.92 Å². The normalized spacial score (nSPS) is 22.2. The van der Waals surface area contributed by atoms with Crippen molar-refractivity contribution >= 4 is 39.4 Å². The number of nitrogens with zero attached hydrogens (tertiary/aromatic N) is 3. The molecule has 1 unspecified atom stereocenters. The number of amides is 3. The Labute approximate surface area is 302 Å². The molecule has 15 nitrogen and oxygen atoms in total. The topological polar surface area (TPSA) is 184 Å². The zero-order chi connectivity index (χ0) is 37.5. The number of benzene rings is 2. The van der Waals surface area contributed by atoms with Crippen molar-refractivity contribution in [3.63, 3.8) is 0 Å². The van der Waals surface area contributed by atoms with Crippen molar-refractivity contribution in [3.05, 3.63) is 64.5 Å². The standard InChI is InChI=1S/C36H44N4O11S/c1-6-49-36(44)40-26-17-31(30(48-5)15-24(26)34(42)39-19-21(3)13-28(39)35(40)43)51-11-9-7-8-10-50-29-16-25-23(14-22(29)4)33(41)38-18-20(2)12-27(38)32(37-25)52(45,46)47/h14-19,27-28,32,35,37,43H,6-13H2,1-5H3,(H,45,46,47)/t27-,28-,32?,35-/m0/s1. The highest BCUT2D eigenvalue weighted by molar-refractivity contribution is 7.86. The van der Waals surface area contributed by atoms with E-state index in [1.807, 2.05) is 6.92 Å². The van der Waals surface area contributed by atoms with Crippen LogP contribution in [0.5, 0.6) is 17.2 Å². The lowest BCUT2D eigenvalue weighted by Crippen LogP contribution is -2.50. The fourth-order valence-electron chi connectivity index (χ4n) is 7.14. The van der Waals surface area contributed by atoms with Gasteiger partial charge in [-0.25, -0.2) is 9.69 Å². The van der Waals surface area contributed by atoms with E-state index in [9.17, 15) is 32.5 Å². The third-order valence-electron chi connectivity index (χ3n) is 9.63. The van der Waals surface area contributed by atoms with E-state index in [4.69, 9.17) is 18.9 Å². The Morgan fingerprint density at radius 2 is 1.48 bits per heavy atom. The molecule has 4 atom stereocenters. The van der Waals surface area contributed by atoms with Gasteiger partial charge in [-0.05, 0) is 77.5 Å². The summed E-state index contributed by atoms with van der Waals surface area (Å²) in [5.41, 5.74) is 3.29. The molecule has 2 aromatic carbocycles. The third-order valence-corrected chi connectivity index (χ3v) is 10.7. The highest BCUT2D eigenvalue weighted by Gasteiger charge is 2.46. The summed E-state index contributed by atoms with van der Waals surface area (Å²) in [5, 5.41) is 12.8. The molecule has 2 aromatic rings. The van der Waals surface area contributed by atoms with Crippen LogP contribution in [-0.2, 0) is 14.9 Å². The highest BCUT2D eigenvalue weighted by atomic mass is 32.2. The van der Waals surface area contributed by atoms with E-state index in [2.05, 4.69) is 5.32 Å². The number of rotatable bonds is 11. The lowest BCUT2D eigenvalue weighted by Gasteiger charge is -2.31. The van der Waals surface area contributed by atoms with Gasteiger partial charge in [-0.3, -0.25) is 14.1 Å². The molecule has 0 saturated heterocycles. The highest BCUT2D eigenvalue weighted by Crippen LogP contribution is 2.42. The van der Waals surface area contributed by atoms with E-state index >= 15 is 0 Å². The van der Waals surface area contributed by atoms with Gasteiger partial charge in [0.2, 0.25) is 0 Å². The Kier molecular flexibility index (Phi) is 10.4. The first-order chi connectivity index (χ1) is 24.7. The predicted molar refractivity (Wildman–Crippen MR) is 190 cm³/mol. The first-order valence-electron chi connectivity index (χ1n) is 17.2. The maximum Gasteiger partial charge on any atom is 0.416 e. The number of fused-ring (bicyclic) bond motifs is 4. The number of aliphatic hydroxyl groups is 1. The average Bonchev–Trinajstić information content (AvgIpc) is 3.63. The van der Waals surface area contributed by atoms with Gasteiger partial charge in [0.1, 0.15) is 5.75 Å². The first kappa shape index (κ1) is 37.0. The summed E-state index contributed by atoms with van der Waals surface area (Å²) in [6, 6.07) is 4.82. The quantitative estimate of drug-likeness (QED) is 0.212. The minimum atomic E-state index is -4.55. The van der Waals surface area contributed by atoms with Crippen LogP contribution in [0.4, 0.5) is 16.2 Å². The predicted octanol–water partition coefficient (Wildman–Crippen LogP) is 4.80. The van der Waals surface area contributed by atoms with Crippen molar-refractivity contribution in [2.75, 3.05) is 37.1 Å². The summed E-state index contributed by atoms with van der Waals surface area (Å²) in [6.45, 7) is 7.80. The molecule has 0 aromatic heterocycles. The number of methoxy groups -OCH3 is 1. The molecule has 0 fully saturated rings. The van der Waals surface area contributed by atoms with E-state index in [1.54, 1.807) is 45.3 Å². The molecular formula is C36H44N4O11S. The number of aliphatic hydroxyl groups excluding tert-OH is 1. The van der Waals surface area contributed by atoms with Crippen LogP contribution in [-0.4, -0.2) is 96.4 Å². The van der Waals surface area contributed by atoms with Gasteiger partial charge >= 0.3 is 6.09 Å². The molecule has 4 heterocycles. The van der Waals surface area contributed by atoms with Gasteiger partial charge in [-0.1, -0.05) is 11.1 Å². The molecule has 0 aliphatic carbocycles. The fourth-order valence-corrected chi connectivity index (χ4v) is 8.04. The SMILES string of the molecule is CCOC(=O)N1c2cc(OCCCCCOc3cc4c(cc3C)C(=O)N3C=C(C)C[C@H]3C(S(=O)(=O)O)N4)c(OC)cc2C(=O)N2C=C(C)C[C@H]2[C@@H]1O. The number of hydrogen-bond acceptors (Lipinski definition) is 11. The van der Waals surface area contributed by atoms with Gasteiger partial charge < -0.3 is 39.2 Å². The number of ether oxygens (including phenoxy) is 4. The smallest absolute Gasteiger partial charge is 0.416 e. The molecule has 16 heteroatoms. The summed E-state index contributed by atoms with van der Waals surface area (Å²) in [6.07, 6.45) is 3.83. The molecule has 4 aliphatic heterocycles. The maximum atomic E-state index is 13.6. The second-order valence-electron chi connectivity index (χ2n) is 13.4. The molecule has 4 aliphatic rings. The fraction of sp³-hybridized carbons (Fsp3) is 0.472. The van der Waals surface area contributed by atoms with Crippen LogP contribution >= 0.6 is 0 Å². The minimum Gasteiger partial charge on any atom is -0.493 e. The second kappa shape index (κ2) is 14.7. The Hall–Kier alpha value is -4.80. The molecule has 0 bridgehead atoms. The van der Waals surface area contributed by atoms with Gasteiger partial charge in [-0.2, -0.15) is 8.42 Å². The Bertz CT molecular complexity index is 1950. The number of carbonyl (C=O) groups is 3. The van der Waals surface area contributed by atoms with Crippen LogP contribution in [0.1, 0.15) is 79.2 Å². The second-order valence-corrected chi connectivity index (χ2v) is 15.0. The van der Waals surface area contributed by atoms with Crippen molar-refractivity contribution in [3.8, 4) is 17.2 Å². The van der Waals surface area contributed by atoms with Gasteiger partial charge in [0, 0.05) is 24.5 Å². The molecule has 0 radical (unpaired) electrons. The average molecular weight is 741 g/mol. The van der Waals surface area contributed by atoms with Gasteiger partial charge in [-0.15, -0.1) is 0 Å². The summed E-state index contributed by atoms with van der Waals surface area (Å²) < 4.78 is 57.6. The maximum absolute atomic E-state index is 13.6. The molecule has 280 valence electrons. The van der Waals surface area contributed by atoms with Crippen molar-refractivity contribution in [1.29, 1.82) is 0 Å². The Morgan fingerprint density at radius 1 is 0.865 bits per heavy atom. The van der Waals surface area contributed by atoms with Crippen LogP contribution < -0.4 is 24.4 Å². The van der Waals surface area contributed by atoms with Crippen molar-refractivity contribution in [1.82, 2.24) is 9.80 Å². The number of unbranched alkanes of at least 4 members (excludes halogenated alkanes) is 2. The number of hydrogen-bond donors (Lipinski definition) is 3. The first-order valence-corrected chi connectivity index (χ1v) is 18.7. The molecule has 3 amide bonds. The largest absolute Gasteiger partial charge is 0.493 e. The minimum absolute atomic E-state index is 0.0774. The zero-order valence-corrected chi connectivity index (χ0v) is 30.6. The summed E-state index contributed by atoms with van der Waals surface area (Å²) in [7, 11) is -3.10. The lowest BCUT2D eigenvalue weighted by atomic mass is 10.1. The summed E-state index contributed by atoms with van der Waals surface area (Å²) >= 11 is 0. The Balaban J connectivity index is 1.09. The lowest BCUT2D eigenvalue weighted by molar-refractivity contribution is 0.0553. The van der Waals surface area contributed by atoms with Crippen molar-refractivity contribution < 1.29 is 51.4 Å². The molecule has 3 N–H and O–H groups in total. The molecule has 52 heavy (non-hydrogen) atoms. The molecule has 6 rings (SSSR count). The number of carbonyl (C=O) groups excluding carboxylic acids is 3. The number of aryl methyl sites for hydroxylation is 1. The summed E-state index contributed by atoms with van der Waals surface area (Å²) in [5.74, 6) is 0.311. The van der Waals surface area contributed by atoms with E-state index in [-0.39, 0.29) is 53.3 Å². The monoisotopic (exact) mass is 740 g/mol.